The van der Waals surface area contributed by atoms with Crippen LogP contribution in [0.1, 0.15) is 49.8 Å². The second-order valence-corrected chi connectivity index (χ2v) is 10.0. The number of hydrogen-bond acceptors (Lipinski definition) is 4. The molecule has 1 atom stereocenters. The number of guanidine groups is 1. The molecule has 0 spiro atoms. The zero-order valence-electron chi connectivity index (χ0n) is 16.4. The Morgan fingerprint density at radius 3 is 2.54 bits per heavy atom. The zero-order valence-corrected chi connectivity index (χ0v) is 17.2. The summed E-state index contributed by atoms with van der Waals surface area (Å²) in [4.78, 5) is 20.1. The summed E-state index contributed by atoms with van der Waals surface area (Å²) in [5, 5.41) is 6.04. The molecule has 1 amide bonds. The molecule has 1 aromatic heterocycles. The minimum Gasteiger partial charge on any atom is -0.356 e. The fourth-order valence-corrected chi connectivity index (χ4v) is 4.74. The average Bonchev–Trinajstić information content (AvgIpc) is 3.13. The maximum atomic E-state index is 13.1. The van der Waals surface area contributed by atoms with Gasteiger partial charge in [-0.05, 0) is 39.8 Å². The van der Waals surface area contributed by atoms with E-state index >= 15 is 0 Å². The van der Waals surface area contributed by atoms with Gasteiger partial charge in [0.2, 0.25) is 5.96 Å². The Hall–Kier alpha value is -2.81. The summed E-state index contributed by atoms with van der Waals surface area (Å²) in [6, 6.07) is 6.73. The van der Waals surface area contributed by atoms with Crippen molar-refractivity contribution in [3.63, 3.8) is 0 Å². The van der Waals surface area contributed by atoms with Crippen molar-refractivity contribution < 1.29 is 13.2 Å². The van der Waals surface area contributed by atoms with Gasteiger partial charge < -0.3 is 15.6 Å². The third-order valence-electron chi connectivity index (χ3n) is 4.80. The molecule has 2 aromatic rings. The molecule has 3 heterocycles. The first-order valence-corrected chi connectivity index (χ1v) is 10.5. The van der Waals surface area contributed by atoms with Crippen LogP contribution >= 0.6 is 0 Å². The Labute approximate surface area is 164 Å². The number of aromatic amines is 1. The van der Waals surface area contributed by atoms with Gasteiger partial charge in [-0.25, -0.2) is 17.7 Å². The third-order valence-corrected chi connectivity index (χ3v) is 6.59. The van der Waals surface area contributed by atoms with E-state index in [1.807, 2.05) is 33.8 Å². The molecular weight excluding hydrogens is 378 g/mol. The van der Waals surface area contributed by atoms with Gasteiger partial charge in [-0.2, -0.15) is 0 Å². The number of nitrogens with zero attached hydrogens (tertiary/aromatic N) is 2. The largest absolute Gasteiger partial charge is 0.356 e. The smallest absolute Gasteiger partial charge is 0.268 e. The number of aliphatic imine (C=N–C) groups is 1. The topological polar surface area (TPSA) is 107 Å². The first-order valence-electron chi connectivity index (χ1n) is 9.02. The summed E-state index contributed by atoms with van der Waals surface area (Å²) in [5.41, 5.74) is 2.74. The highest BCUT2D eigenvalue weighted by atomic mass is 32.2. The van der Waals surface area contributed by atoms with E-state index in [0.717, 1.165) is 10.00 Å². The van der Waals surface area contributed by atoms with Gasteiger partial charge in [-0.15, -0.1) is 0 Å². The van der Waals surface area contributed by atoms with E-state index in [4.69, 9.17) is 0 Å². The summed E-state index contributed by atoms with van der Waals surface area (Å²) >= 11 is 0. The molecule has 2 aliphatic rings. The fourth-order valence-electron chi connectivity index (χ4n) is 3.46. The van der Waals surface area contributed by atoms with Gasteiger partial charge in [0.25, 0.3) is 15.9 Å². The molecule has 4 rings (SSSR count). The lowest BCUT2D eigenvalue weighted by Gasteiger charge is -2.31. The molecule has 28 heavy (non-hydrogen) atoms. The monoisotopic (exact) mass is 401 g/mol. The standard InChI is InChI=1S/C19H23N5O3S/c1-10-15-12(17(25)20-10)9-13(21-15)11-7-6-8-14-16(11)22-18(23-19(2,3)4)24(5)28(14,26)27/h6-10,21H,1-5H3,(H,20,25)(H,22,23)/t10-/m1/s1. The number of nitrogens with one attached hydrogen (secondary N) is 3. The van der Waals surface area contributed by atoms with Crippen LogP contribution in [0.5, 0.6) is 0 Å². The van der Waals surface area contributed by atoms with Crippen LogP contribution in [0.15, 0.2) is 34.2 Å². The summed E-state index contributed by atoms with van der Waals surface area (Å²) < 4.78 is 27.3. The first kappa shape index (κ1) is 18.5. The number of rotatable bonds is 1. The van der Waals surface area contributed by atoms with E-state index in [2.05, 4.69) is 20.6 Å². The molecule has 0 aliphatic carbocycles. The third kappa shape index (κ3) is 2.77. The van der Waals surface area contributed by atoms with Crippen LogP contribution in [-0.4, -0.2) is 42.2 Å². The van der Waals surface area contributed by atoms with Gasteiger partial charge in [-0.3, -0.25) is 4.79 Å². The van der Waals surface area contributed by atoms with Crippen molar-refractivity contribution in [1.82, 2.24) is 14.6 Å². The number of hydrogen-bond donors (Lipinski definition) is 3. The minimum atomic E-state index is -3.74. The number of para-hydroxylation sites is 1. The molecule has 0 fully saturated rings. The number of H-pyrrole nitrogens is 1. The molecule has 2 aliphatic heterocycles. The van der Waals surface area contributed by atoms with Crippen molar-refractivity contribution in [3.8, 4) is 11.3 Å². The van der Waals surface area contributed by atoms with Crippen LogP contribution in [-0.2, 0) is 10.0 Å². The van der Waals surface area contributed by atoms with Crippen molar-refractivity contribution >= 4 is 27.6 Å². The van der Waals surface area contributed by atoms with E-state index in [1.165, 1.54) is 7.05 Å². The number of carbonyl (C=O) groups excluding carboxylic acids is 1. The van der Waals surface area contributed by atoms with E-state index in [0.29, 0.717) is 22.5 Å². The van der Waals surface area contributed by atoms with Gasteiger partial charge in [-0.1, -0.05) is 12.1 Å². The first-order chi connectivity index (χ1) is 13.0. The molecule has 8 nitrogen and oxygen atoms in total. The molecule has 148 valence electrons. The second-order valence-electron chi connectivity index (χ2n) is 8.09. The Balaban J connectivity index is 1.90. The number of anilines is 1. The lowest BCUT2D eigenvalue weighted by molar-refractivity contribution is 0.0958. The van der Waals surface area contributed by atoms with Crippen molar-refractivity contribution in [2.75, 3.05) is 12.4 Å². The number of benzene rings is 1. The molecule has 0 unspecified atom stereocenters. The van der Waals surface area contributed by atoms with Crippen LogP contribution < -0.4 is 10.6 Å². The highest BCUT2D eigenvalue weighted by molar-refractivity contribution is 7.90. The van der Waals surface area contributed by atoms with Gasteiger partial charge in [0, 0.05) is 18.3 Å². The fraction of sp³-hybridized carbons (Fsp3) is 0.368. The molecule has 3 N–H and O–H groups in total. The normalized spacial score (nSPS) is 21.9. The quantitative estimate of drug-likeness (QED) is 0.683. The Bertz CT molecular complexity index is 1120. The van der Waals surface area contributed by atoms with E-state index in [1.54, 1.807) is 18.2 Å². The van der Waals surface area contributed by atoms with Gasteiger partial charge in [0.15, 0.2) is 0 Å². The summed E-state index contributed by atoms with van der Waals surface area (Å²) in [6.45, 7) is 7.60. The van der Waals surface area contributed by atoms with Crippen LogP contribution in [0.2, 0.25) is 0 Å². The lowest BCUT2D eigenvalue weighted by atomic mass is 10.1. The van der Waals surface area contributed by atoms with Crippen molar-refractivity contribution in [2.45, 2.75) is 44.2 Å². The van der Waals surface area contributed by atoms with Crippen molar-refractivity contribution in [3.05, 3.63) is 35.5 Å². The lowest BCUT2D eigenvalue weighted by Crippen LogP contribution is -2.43. The van der Waals surface area contributed by atoms with Crippen LogP contribution in [0.25, 0.3) is 11.3 Å². The van der Waals surface area contributed by atoms with Gasteiger partial charge in [0.1, 0.15) is 4.90 Å². The van der Waals surface area contributed by atoms with Crippen molar-refractivity contribution in [1.29, 1.82) is 0 Å². The van der Waals surface area contributed by atoms with Crippen LogP contribution in [0, 0.1) is 0 Å². The van der Waals surface area contributed by atoms with E-state index in [9.17, 15) is 13.2 Å². The van der Waals surface area contributed by atoms with Gasteiger partial charge >= 0.3 is 0 Å². The maximum absolute atomic E-state index is 13.1. The maximum Gasteiger partial charge on any atom is 0.268 e. The average molecular weight is 401 g/mol. The number of amides is 1. The summed E-state index contributed by atoms with van der Waals surface area (Å²) in [6.07, 6.45) is 0. The molecule has 0 bridgehead atoms. The zero-order chi connectivity index (χ0) is 20.4. The number of fused-ring (bicyclic) bond motifs is 2. The summed E-state index contributed by atoms with van der Waals surface area (Å²) in [5.74, 6) is 0.128. The Morgan fingerprint density at radius 2 is 1.89 bits per heavy atom. The minimum absolute atomic E-state index is 0.114. The predicted octanol–water partition coefficient (Wildman–Crippen LogP) is 2.69. The SMILES string of the molecule is C[C@H]1NC(=O)c2cc(-c3cccc4c3NC(=NC(C)(C)C)N(C)S4(=O)=O)[nH]c21. The number of sulfonamides is 1. The highest BCUT2D eigenvalue weighted by Gasteiger charge is 2.36. The predicted molar refractivity (Wildman–Crippen MR) is 108 cm³/mol. The molecule has 0 saturated heterocycles. The molecule has 0 radical (unpaired) electrons. The second kappa shape index (κ2) is 5.84. The highest BCUT2D eigenvalue weighted by Crippen LogP contribution is 2.39. The van der Waals surface area contributed by atoms with Crippen LogP contribution in [0.3, 0.4) is 0 Å². The van der Waals surface area contributed by atoms with E-state index in [-0.39, 0.29) is 22.8 Å². The molecular formula is C19H23N5O3S. The Kier molecular flexibility index (Phi) is 3.87. The number of carbonyl (C=O) groups is 1. The Morgan fingerprint density at radius 1 is 1.18 bits per heavy atom. The van der Waals surface area contributed by atoms with Crippen molar-refractivity contribution in [2.24, 2.45) is 4.99 Å². The number of aromatic nitrogens is 1. The molecule has 9 heteroatoms. The van der Waals surface area contributed by atoms with E-state index < -0.39 is 15.6 Å². The molecule has 1 aromatic carbocycles. The molecule has 0 saturated carbocycles. The summed E-state index contributed by atoms with van der Waals surface area (Å²) in [7, 11) is -2.26. The van der Waals surface area contributed by atoms with Gasteiger partial charge in [0.05, 0.1) is 28.5 Å². The van der Waals surface area contributed by atoms with Crippen LogP contribution in [0.4, 0.5) is 5.69 Å².